The van der Waals surface area contributed by atoms with Gasteiger partial charge in [-0.05, 0) is 25.2 Å². The van der Waals surface area contributed by atoms with Crippen LogP contribution in [0.5, 0.6) is 0 Å². The van der Waals surface area contributed by atoms with Crippen LogP contribution in [-0.4, -0.2) is 36.5 Å². The molecule has 0 aromatic carbocycles. The summed E-state index contributed by atoms with van der Waals surface area (Å²) in [6.07, 6.45) is 1.02. The summed E-state index contributed by atoms with van der Waals surface area (Å²) in [4.78, 5) is 0. The Morgan fingerprint density at radius 1 is 1.46 bits per heavy atom. The molecule has 1 aliphatic carbocycles. The minimum atomic E-state index is -0.309. The number of aliphatic hydroxyl groups excluding tert-OH is 1. The van der Waals surface area contributed by atoms with Crippen molar-refractivity contribution < 1.29 is 9.84 Å². The van der Waals surface area contributed by atoms with Gasteiger partial charge in [-0.15, -0.1) is 0 Å². The molecule has 3 nitrogen and oxygen atoms in total. The van der Waals surface area contributed by atoms with Crippen molar-refractivity contribution in [2.24, 2.45) is 11.8 Å². The van der Waals surface area contributed by atoms with E-state index in [9.17, 15) is 5.11 Å². The van der Waals surface area contributed by atoms with Gasteiger partial charge in [-0.2, -0.15) is 0 Å². The predicted octanol–water partition coefficient (Wildman–Crippen LogP) is 0.380. The second kappa shape index (κ2) is 3.56. The summed E-state index contributed by atoms with van der Waals surface area (Å²) in [7, 11) is 0. The Hall–Kier alpha value is -0.120. The van der Waals surface area contributed by atoms with Gasteiger partial charge in [-0.1, -0.05) is 6.92 Å². The van der Waals surface area contributed by atoms with Crippen molar-refractivity contribution in [3.05, 3.63) is 0 Å². The molecule has 2 N–H and O–H groups in total. The topological polar surface area (TPSA) is 41.5 Å². The fourth-order valence-electron chi connectivity index (χ4n) is 2.21. The van der Waals surface area contributed by atoms with E-state index in [1.165, 1.54) is 6.42 Å². The minimum absolute atomic E-state index is 0.155. The lowest BCUT2D eigenvalue weighted by Crippen LogP contribution is -2.44. The molecule has 1 saturated carbocycles. The average molecular weight is 185 g/mol. The Morgan fingerprint density at radius 2 is 2.15 bits per heavy atom. The first-order valence-electron chi connectivity index (χ1n) is 5.20. The van der Waals surface area contributed by atoms with Crippen LogP contribution in [0.2, 0.25) is 0 Å². The zero-order valence-corrected chi connectivity index (χ0v) is 8.36. The number of hydrogen-bond acceptors (Lipinski definition) is 3. The van der Waals surface area contributed by atoms with Crippen LogP contribution in [0, 0.1) is 11.8 Å². The number of hydrogen-bond donors (Lipinski definition) is 2. The third kappa shape index (κ3) is 2.03. The normalized spacial score (nSPS) is 46.4. The smallest absolute Gasteiger partial charge is 0.0948 e. The van der Waals surface area contributed by atoms with Crippen LogP contribution in [0.1, 0.15) is 20.3 Å². The van der Waals surface area contributed by atoms with Gasteiger partial charge in [-0.3, -0.25) is 0 Å². The highest BCUT2D eigenvalue weighted by Crippen LogP contribution is 2.40. The number of rotatable bonds is 3. The third-order valence-electron chi connectivity index (χ3n) is 3.34. The van der Waals surface area contributed by atoms with Gasteiger partial charge in [0.1, 0.15) is 0 Å². The van der Waals surface area contributed by atoms with Crippen LogP contribution in [0.25, 0.3) is 0 Å². The summed E-state index contributed by atoms with van der Waals surface area (Å²) >= 11 is 0. The van der Waals surface area contributed by atoms with Crippen molar-refractivity contribution in [1.82, 2.24) is 5.32 Å². The van der Waals surface area contributed by atoms with E-state index in [2.05, 4.69) is 19.2 Å². The Kier molecular flexibility index (Phi) is 2.58. The highest BCUT2D eigenvalue weighted by Gasteiger charge is 2.39. The molecule has 0 aromatic rings. The Bertz CT molecular complexity index is 186. The molecule has 0 spiro atoms. The largest absolute Gasteiger partial charge is 0.389 e. The van der Waals surface area contributed by atoms with Crippen molar-refractivity contribution in [3.8, 4) is 0 Å². The van der Waals surface area contributed by atoms with Crippen molar-refractivity contribution in [2.45, 2.75) is 38.5 Å². The molecule has 2 rings (SSSR count). The van der Waals surface area contributed by atoms with E-state index in [4.69, 9.17) is 4.74 Å². The lowest BCUT2D eigenvalue weighted by atomic mass is 10.1. The van der Waals surface area contributed by atoms with E-state index in [0.717, 1.165) is 11.8 Å². The molecule has 0 amide bonds. The summed E-state index contributed by atoms with van der Waals surface area (Å²) in [5.74, 6) is 1.68. The number of aliphatic hydroxyl groups is 1. The molecule has 13 heavy (non-hydrogen) atoms. The van der Waals surface area contributed by atoms with E-state index >= 15 is 0 Å². The fourth-order valence-corrected chi connectivity index (χ4v) is 2.21. The highest BCUT2D eigenvalue weighted by atomic mass is 16.5. The molecule has 5 atom stereocenters. The molecule has 0 bridgehead atoms. The van der Waals surface area contributed by atoms with E-state index in [-0.39, 0.29) is 12.1 Å². The molecule has 0 aromatic heterocycles. The second-order valence-electron chi connectivity index (χ2n) is 4.54. The Morgan fingerprint density at radius 3 is 2.62 bits per heavy atom. The van der Waals surface area contributed by atoms with Crippen LogP contribution in [0.4, 0.5) is 0 Å². The Balaban J connectivity index is 1.77. The van der Waals surface area contributed by atoms with Crippen LogP contribution in [-0.2, 0) is 4.74 Å². The summed E-state index contributed by atoms with van der Waals surface area (Å²) in [6.45, 7) is 5.64. The van der Waals surface area contributed by atoms with Gasteiger partial charge >= 0.3 is 0 Å². The zero-order chi connectivity index (χ0) is 9.42. The molecular weight excluding hydrogens is 166 g/mol. The molecule has 3 heteroatoms. The molecule has 1 heterocycles. The van der Waals surface area contributed by atoms with Crippen molar-refractivity contribution >= 4 is 0 Å². The van der Waals surface area contributed by atoms with E-state index < -0.39 is 0 Å². The van der Waals surface area contributed by atoms with Gasteiger partial charge in [0.05, 0.1) is 25.4 Å². The summed E-state index contributed by atoms with van der Waals surface area (Å²) in [5.41, 5.74) is 0. The standard InChI is InChI=1S/C10H19NO2/c1-6-3-8(6)7(2)11-9-4-13-5-10(9)12/h6-12H,3-5H2,1-2H3. The first-order valence-corrected chi connectivity index (χ1v) is 5.20. The maximum atomic E-state index is 9.52. The van der Waals surface area contributed by atoms with Gasteiger partial charge in [0.2, 0.25) is 0 Å². The quantitative estimate of drug-likeness (QED) is 0.668. The van der Waals surface area contributed by atoms with E-state index in [1.807, 2.05) is 0 Å². The zero-order valence-electron chi connectivity index (χ0n) is 8.36. The lowest BCUT2D eigenvalue weighted by molar-refractivity contribution is 0.121. The highest BCUT2D eigenvalue weighted by molar-refractivity contribution is 4.93. The summed E-state index contributed by atoms with van der Waals surface area (Å²) in [5, 5.41) is 13.0. The van der Waals surface area contributed by atoms with Crippen LogP contribution >= 0.6 is 0 Å². The SMILES string of the molecule is CC1CC1C(C)NC1COCC1O. The monoisotopic (exact) mass is 185 g/mol. The van der Waals surface area contributed by atoms with Crippen molar-refractivity contribution in [3.63, 3.8) is 0 Å². The minimum Gasteiger partial charge on any atom is -0.389 e. The second-order valence-corrected chi connectivity index (χ2v) is 4.54. The molecule has 1 saturated heterocycles. The first-order chi connectivity index (χ1) is 6.18. The van der Waals surface area contributed by atoms with E-state index in [0.29, 0.717) is 19.3 Å². The Labute approximate surface area is 79.5 Å². The summed E-state index contributed by atoms with van der Waals surface area (Å²) < 4.78 is 5.18. The van der Waals surface area contributed by atoms with Gasteiger partial charge in [0.25, 0.3) is 0 Å². The maximum absolute atomic E-state index is 9.52. The van der Waals surface area contributed by atoms with Crippen molar-refractivity contribution in [1.29, 1.82) is 0 Å². The summed E-state index contributed by atoms with van der Waals surface area (Å²) in [6, 6.07) is 0.680. The molecular formula is C10H19NO2. The third-order valence-corrected chi connectivity index (χ3v) is 3.34. The van der Waals surface area contributed by atoms with Gasteiger partial charge < -0.3 is 15.2 Å². The van der Waals surface area contributed by atoms with Gasteiger partial charge in [-0.25, -0.2) is 0 Å². The van der Waals surface area contributed by atoms with Gasteiger partial charge in [0.15, 0.2) is 0 Å². The van der Waals surface area contributed by atoms with E-state index in [1.54, 1.807) is 0 Å². The van der Waals surface area contributed by atoms with Crippen LogP contribution < -0.4 is 5.32 Å². The van der Waals surface area contributed by atoms with Crippen molar-refractivity contribution in [2.75, 3.05) is 13.2 Å². The molecule has 2 fully saturated rings. The predicted molar refractivity (Wildman–Crippen MR) is 50.5 cm³/mol. The van der Waals surface area contributed by atoms with Crippen LogP contribution in [0.15, 0.2) is 0 Å². The first kappa shape index (κ1) is 9.44. The molecule has 76 valence electrons. The molecule has 5 unspecified atom stereocenters. The van der Waals surface area contributed by atoms with Gasteiger partial charge in [0, 0.05) is 6.04 Å². The number of ether oxygens (including phenoxy) is 1. The number of nitrogens with one attached hydrogen (secondary N) is 1. The fraction of sp³-hybridized carbons (Fsp3) is 1.00. The molecule has 1 aliphatic heterocycles. The lowest BCUT2D eigenvalue weighted by Gasteiger charge is -2.20. The molecule has 0 radical (unpaired) electrons. The maximum Gasteiger partial charge on any atom is 0.0948 e. The van der Waals surface area contributed by atoms with Crippen LogP contribution in [0.3, 0.4) is 0 Å². The molecule has 2 aliphatic rings. The average Bonchev–Trinajstić information content (AvgIpc) is 2.68.